The summed E-state index contributed by atoms with van der Waals surface area (Å²) in [6.07, 6.45) is 4.45. The van der Waals surface area contributed by atoms with Gasteiger partial charge in [-0.2, -0.15) is 5.10 Å². The first-order valence-electron chi connectivity index (χ1n) is 11.3. The van der Waals surface area contributed by atoms with E-state index in [-0.39, 0.29) is 24.3 Å². The number of hydrogen-bond acceptors (Lipinski definition) is 7. The number of ether oxygens (including phenoxy) is 2. The van der Waals surface area contributed by atoms with E-state index in [1.807, 2.05) is 0 Å². The van der Waals surface area contributed by atoms with Crippen LogP contribution >= 0.6 is 11.6 Å². The summed E-state index contributed by atoms with van der Waals surface area (Å²) in [4.78, 5) is 24.2. The molecule has 0 radical (unpaired) electrons. The predicted octanol–water partition coefficient (Wildman–Crippen LogP) is 2.24. The maximum Gasteiger partial charge on any atom is 0.260 e. The molecule has 0 saturated carbocycles. The average molecular weight is 537 g/mol. The van der Waals surface area contributed by atoms with E-state index in [2.05, 4.69) is 15.8 Å². The zero-order valence-electron chi connectivity index (χ0n) is 20.1. The first-order chi connectivity index (χ1) is 17.1. The summed E-state index contributed by atoms with van der Waals surface area (Å²) in [6, 6.07) is 11.5. The van der Waals surface area contributed by atoms with Gasteiger partial charge < -0.3 is 14.8 Å². The summed E-state index contributed by atoms with van der Waals surface area (Å²) in [5.74, 6) is -0.346. The molecule has 0 aromatic heterocycles. The molecule has 12 heteroatoms. The van der Waals surface area contributed by atoms with Gasteiger partial charge >= 0.3 is 0 Å². The third-order valence-corrected chi connectivity index (χ3v) is 6.88. The van der Waals surface area contributed by atoms with Crippen LogP contribution in [0.5, 0.6) is 5.75 Å². The van der Waals surface area contributed by atoms with Crippen LogP contribution in [0.4, 0.5) is 5.69 Å². The standard InChI is InChI=1S/C24H29ClN4O6S/c1-17-5-8-19(12-22(17)25)29(36(2,32)33)15-23(30)28-27-13-18-6-9-20(10-7-18)35-16-24(31)26-14-21-4-3-11-34-21/h5-10,12-13,21H,3-4,11,14-16H2,1-2H3,(H,26,31)(H,28,30)/b27-13-/t21-/m1/s1. The summed E-state index contributed by atoms with van der Waals surface area (Å²) in [6.45, 7) is 2.43. The molecule has 194 valence electrons. The lowest BCUT2D eigenvalue weighted by molar-refractivity contribution is -0.123. The molecule has 0 spiro atoms. The number of amides is 2. The minimum Gasteiger partial charge on any atom is -0.484 e. The van der Waals surface area contributed by atoms with Gasteiger partial charge in [-0.3, -0.25) is 13.9 Å². The van der Waals surface area contributed by atoms with Crippen LogP contribution in [-0.2, 0) is 24.3 Å². The number of anilines is 1. The molecule has 0 aliphatic carbocycles. The highest BCUT2D eigenvalue weighted by Gasteiger charge is 2.21. The molecule has 3 rings (SSSR count). The summed E-state index contributed by atoms with van der Waals surface area (Å²) in [5.41, 5.74) is 4.05. The van der Waals surface area contributed by atoms with Crippen molar-refractivity contribution in [1.82, 2.24) is 10.7 Å². The zero-order chi connectivity index (χ0) is 26.1. The van der Waals surface area contributed by atoms with E-state index in [1.54, 1.807) is 43.3 Å². The van der Waals surface area contributed by atoms with Crippen LogP contribution in [0, 0.1) is 6.92 Å². The number of benzene rings is 2. The van der Waals surface area contributed by atoms with Crippen LogP contribution in [0.15, 0.2) is 47.6 Å². The number of hydrazone groups is 1. The normalized spacial score (nSPS) is 15.6. The Morgan fingerprint density at radius 2 is 1.97 bits per heavy atom. The number of sulfonamides is 1. The van der Waals surface area contributed by atoms with Crippen LogP contribution in [-0.4, -0.2) is 65.1 Å². The molecule has 0 bridgehead atoms. The highest BCUT2D eigenvalue weighted by Crippen LogP contribution is 2.24. The highest BCUT2D eigenvalue weighted by atomic mass is 35.5. The van der Waals surface area contributed by atoms with Crippen molar-refractivity contribution in [1.29, 1.82) is 0 Å². The Kier molecular flexibility index (Phi) is 9.68. The van der Waals surface area contributed by atoms with Crippen LogP contribution < -0.4 is 19.8 Å². The Bertz CT molecular complexity index is 1200. The molecule has 1 heterocycles. The third-order valence-electron chi connectivity index (χ3n) is 5.33. The molecule has 2 N–H and O–H groups in total. The largest absolute Gasteiger partial charge is 0.484 e. The molecule has 10 nitrogen and oxygen atoms in total. The molecular weight excluding hydrogens is 508 g/mol. The van der Waals surface area contributed by atoms with E-state index >= 15 is 0 Å². The number of aryl methyl sites for hydroxylation is 1. The fourth-order valence-electron chi connectivity index (χ4n) is 3.36. The van der Waals surface area contributed by atoms with E-state index in [1.165, 1.54) is 12.3 Å². The molecule has 2 aromatic rings. The Balaban J connectivity index is 1.47. The minimum absolute atomic E-state index is 0.0727. The Hall–Kier alpha value is -3.15. The number of carbonyl (C=O) groups excluding carboxylic acids is 2. The lowest BCUT2D eigenvalue weighted by Gasteiger charge is -2.21. The van der Waals surface area contributed by atoms with Crippen LogP contribution in [0.3, 0.4) is 0 Å². The molecular formula is C24H29ClN4O6S. The number of rotatable bonds is 11. The van der Waals surface area contributed by atoms with Gasteiger partial charge in [-0.05, 0) is 67.3 Å². The maximum absolute atomic E-state index is 12.3. The summed E-state index contributed by atoms with van der Waals surface area (Å²) >= 11 is 6.10. The van der Waals surface area contributed by atoms with E-state index in [0.717, 1.165) is 35.6 Å². The minimum atomic E-state index is -3.73. The second kappa shape index (κ2) is 12.7. The Labute approximate surface area is 215 Å². The van der Waals surface area contributed by atoms with Crippen molar-refractivity contribution < 1.29 is 27.5 Å². The van der Waals surface area contributed by atoms with Crippen molar-refractivity contribution in [3.8, 4) is 5.75 Å². The van der Waals surface area contributed by atoms with Crippen LogP contribution in [0.2, 0.25) is 5.02 Å². The third kappa shape index (κ3) is 8.51. The molecule has 0 unspecified atom stereocenters. The van der Waals surface area contributed by atoms with E-state index in [4.69, 9.17) is 21.1 Å². The Morgan fingerprint density at radius 1 is 1.22 bits per heavy atom. The molecule has 2 aromatic carbocycles. The zero-order valence-corrected chi connectivity index (χ0v) is 21.6. The van der Waals surface area contributed by atoms with Gasteiger partial charge in [0, 0.05) is 18.2 Å². The van der Waals surface area contributed by atoms with Gasteiger partial charge in [0.2, 0.25) is 10.0 Å². The van der Waals surface area contributed by atoms with Crippen molar-refractivity contribution in [2.24, 2.45) is 5.10 Å². The highest BCUT2D eigenvalue weighted by molar-refractivity contribution is 7.92. The van der Waals surface area contributed by atoms with E-state index < -0.39 is 22.5 Å². The summed E-state index contributed by atoms with van der Waals surface area (Å²) in [7, 11) is -3.73. The van der Waals surface area contributed by atoms with Crippen molar-refractivity contribution in [2.45, 2.75) is 25.9 Å². The Morgan fingerprint density at radius 3 is 2.61 bits per heavy atom. The smallest absolute Gasteiger partial charge is 0.260 e. The van der Waals surface area contributed by atoms with Crippen LogP contribution in [0.25, 0.3) is 0 Å². The molecule has 36 heavy (non-hydrogen) atoms. The van der Waals surface area contributed by atoms with Crippen molar-refractivity contribution in [2.75, 3.05) is 36.9 Å². The SMILES string of the molecule is Cc1ccc(N(CC(=O)N/N=C\c2ccc(OCC(=O)NC[C@H]3CCCO3)cc2)S(C)(=O)=O)cc1Cl. The predicted molar refractivity (Wildman–Crippen MR) is 138 cm³/mol. The fraction of sp³-hybridized carbons (Fsp3) is 0.375. The van der Waals surface area contributed by atoms with Crippen LogP contribution in [0.1, 0.15) is 24.0 Å². The van der Waals surface area contributed by atoms with Gasteiger partial charge in [-0.15, -0.1) is 0 Å². The summed E-state index contributed by atoms with van der Waals surface area (Å²) < 4.78 is 36.3. The molecule has 1 saturated heterocycles. The topological polar surface area (TPSA) is 126 Å². The fourth-order valence-corrected chi connectivity index (χ4v) is 4.39. The number of nitrogens with one attached hydrogen (secondary N) is 2. The van der Waals surface area contributed by atoms with Crippen molar-refractivity contribution in [3.05, 3.63) is 58.6 Å². The van der Waals surface area contributed by atoms with E-state index in [0.29, 0.717) is 22.9 Å². The van der Waals surface area contributed by atoms with Crippen molar-refractivity contribution >= 4 is 45.3 Å². The second-order valence-corrected chi connectivity index (χ2v) is 10.6. The lowest BCUT2D eigenvalue weighted by Crippen LogP contribution is -2.39. The number of hydrogen-bond donors (Lipinski definition) is 2. The maximum atomic E-state index is 12.3. The molecule has 1 fully saturated rings. The summed E-state index contributed by atoms with van der Waals surface area (Å²) in [5, 5.41) is 7.06. The monoisotopic (exact) mass is 536 g/mol. The number of nitrogens with zero attached hydrogens (tertiary/aromatic N) is 2. The first kappa shape index (κ1) is 27.4. The van der Waals surface area contributed by atoms with Gasteiger partial charge in [0.1, 0.15) is 12.3 Å². The molecule has 1 atom stereocenters. The van der Waals surface area contributed by atoms with Gasteiger partial charge in [-0.1, -0.05) is 17.7 Å². The average Bonchev–Trinajstić information content (AvgIpc) is 3.36. The number of halogens is 1. The quantitative estimate of drug-likeness (QED) is 0.335. The lowest BCUT2D eigenvalue weighted by atomic mass is 10.2. The van der Waals surface area contributed by atoms with E-state index in [9.17, 15) is 18.0 Å². The van der Waals surface area contributed by atoms with Gasteiger partial charge in [0.15, 0.2) is 6.61 Å². The van der Waals surface area contributed by atoms with Crippen molar-refractivity contribution in [3.63, 3.8) is 0 Å². The molecule has 2 amide bonds. The van der Waals surface area contributed by atoms with Gasteiger partial charge in [-0.25, -0.2) is 13.8 Å². The van der Waals surface area contributed by atoms with Gasteiger partial charge in [0.25, 0.3) is 11.8 Å². The number of carbonyl (C=O) groups is 2. The van der Waals surface area contributed by atoms with Gasteiger partial charge in [0.05, 0.1) is 24.3 Å². The molecule has 1 aliphatic rings. The first-order valence-corrected chi connectivity index (χ1v) is 13.5. The second-order valence-electron chi connectivity index (χ2n) is 8.29. The molecule has 1 aliphatic heterocycles.